The number of hydrogen-bond acceptors (Lipinski definition) is 13. The van der Waals surface area contributed by atoms with Gasteiger partial charge in [-0.15, -0.1) is 0 Å². The van der Waals surface area contributed by atoms with Crippen molar-refractivity contribution in [3.05, 3.63) is 59.9 Å². The van der Waals surface area contributed by atoms with Crippen molar-refractivity contribution >= 4 is 39.5 Å². The normalized spacial score (nSPS) is 16.2. The number of nitrogens with two attached hydrogens (primary N) is 1. The van der Waals surface area contributed by atoms with Gasteiger partial charge in [0, 0.05) is 24.7 Å². The Morgan fingerprint density at radius 1 is 0.943 bits per heavy atom. The fourth-order valence-corrected chi connectivity index (χ4v) is 6.33. The first-order valence-corrected chi connectivity index (χ1v) is 18.4. The van der Waals surface area contributed by atoms with Gasteiger partial charge in [0.15, 0.2) is 11.5 Å². The molecular formula is C36H48N6O10S. The fourth-order valence-electron chi connectivity index (χ4n) is 4.96. The molecule has 2 amide bonds. The van der Waals surface area contributed by atoms with Crippen LogP contribution < -0.4 is 15.8 Å². The smallest absolute Gasteiger partial charge is 0.410 e. The summed E-state index contributed by atoms with van der Waals surface area (Å²) in [5.41, 5.74) is 5.96. The highest BCUT2D eigenvalue weighted by atomic mass is 32.2. The molecular weight excluding hydrogens is 708 g/mol. The number of hydrogen-bond donors (Lipinski definition) is 2. The number of ether oxygens (including phenoxy) is 5. The third-order valence-electron chi connectivity index (χ3n) is 7.32. The minimum atomic E-state index is -4.18. The molecule has 3 heterocycles. The number of rotatable bonds is 4. The SMILES string of the molecule is CN(Cc1cccc2c1OCCOCCOCCN(CC(=O)OC(C)(C)C)S(=O)(=O)c1ccc(cc1)-c1cnc(N)c(n1)C(=O)N2)C(=O)OC(C)(C)C. The van der Waals surface area contributed by atoms with Gasteiger partial charge in [0.1, 0.15) is 30.1 Å². The molecule has 0 aliphatic carbocycles. The van der Waals surface area contributed by atoms with E-state index in [1.165, 1.54) is 35.4 Å². The van der Waals surface area contributed by atoms with Crippen LogP contribution in [-0.2, 0) is 40.3 Å². The summed E-state index contributed by atoms with van der Waals surface area (Å²) >= 11 is 0. The molecule has 53 heavy (non-hydrogen) atoms. The van der Waals surface area contributed by atoms with Gasteiger partial charge in [-0.2, -0.15) is 4.31 Å². The molecule has 2 aromatic carbocycles. The van der Waals surface area contributed by atoms with Crippen molar-refractivity contribution in [1.82, 2.24) is 19.2 Å². The maximum atomic E-state index is 13.7. The highest BCUT2D eigenvalue weighted by Crippen LogP contribution is 2.32. The number of fused-ring (bicyclic) bond motifs is 13. The number of aromatic nitrogens is 2. The summed E-state index contributed by atoms with van der Waals surface area (Å²) < 4.78 is 56.8. The van der Waals surface area contributed by atoms with Gasteiger partial charge in [0.25, 0.3) is 5.91 Å². The molecule has 17 heteroatoms. The summed E-state index contributed by atoms with van der Waals surface area (Å²) in [4.78, 5) is 49.1. The van der Waals surface area contributed by atoms with Gasteiger partial charge in [0.2, 0.25) is 10.0 Å². The number of para-hydroxylation sites is 1. The molecule has 0 saturated heterocycles. The lowest BCUT2D eigenvalue weighted by molar-refractivity contribution is -0.155. The second-order valence-electron chi connectivity index (χ2n) is 14.1. The Bertz CT molecular complexity index is 1870. The Morgan fingerprint density at radius 3 is 2.25 bits per heavy atom. The molecule has 288 valence electrons. The Kier molecular flexibility index (Phi) is 13.4. The number of sulfonamides is 1. The van der Waals surface area contributed by atoms with Gasteiger partial charge >= 0.3 is 12.1 Å². The first-order valence-electron chi connectivity index (χ1n) is 16.9. The van der Waals surface area contributed by atoms with Crippen molar-refractivity contribution in [1.29, 1.82) is 0 Å². The van der Waals surface area contributed by atoms with Gasteiger partial charge in [-0.05, 0) is 59.7 Å². The number of nitrogens with one attached hydrogen (secondary N) is 1. The summed E-state index contributed by atoms with van der Waals surface area (Å²) in [6.07, 6.45) is 0.821. The van der Waals surface area contributed by atoms with Gasteiger partial charge < -0.3 is 39.6 Å². The molecule has 0 fully saturated rings. The van der Waals surface area contributed by atoms with E-state index in [1.807, 2.05) is 0 Å². The van der Waals surface area contributed by atoms with E-state index in [9.17, 15) is 22.8 Å². The third-order valence-corrected chi connectivity index (χ3v) is 9.18. The molecule has 3 N–H and O–H groups in total. The predicted molar refractivity (Wildman–Crippen MR) is 196 cm³/mol. The van der Waals surface area contributed by atoms with E-state index in [1.54, 1.807) is 66.8 Å². The van der Waals surface area contributed by atoms with Crippen molar-refractivity contribution in [2.24, 2.45) is 0 Å². The van der Waals surface area contributed by atoms with Crippen molar-refractivity contribution in [3.8, 4) is 17.0 Å². The zero-order valence-corrected chi connectivity index (χ0v) is 31.9. The molecule has 16 nitrogen and oxygen atoms in total. The molecule has 2 aliphatic heterocycles. The average molecular weight is 757 g/mol. The van der Waals surface area contributed by atoms with Crippen LogP contribution in [0.1, 0.15) is 57.6 Å². The number of amides is 2. The summed E-state index contributed by atoms with van der Waals surface area (Å²) in [6.45, 7) is 10.3. The van der Waals surface area contributed by atoms with Crippen molar-refractivity contribution in [2.75, 3.05) is 64.2 Å². The van der Waals surface area contributed by atoms with Crippen LogP contribution in [-0.4, -0.2) is 110 Å². The lowest BCUT2D eigenvalue weighted by Crippen LogP contribution is -2.40. The number of anilines is 2. The quantitative estimate of drug-likeness (QED) is 0.285. The second kappa shape index (κ2) is 17.3. The first-order chi connectivity index (χ1) is 24.8. The molecule has 2 aliphatic rings. The van der Waals surface area contributed by atoms with Gasteiger partial charge in [0.05, 0.1) is 55.4 Å². The lowest BCUT2D eigenvalue weighted by atomic mass is 10.1. The van der Waals surface area contributed by atoms with Crippen LogP contribution in [0, 0.1) is 0 Å². The molecule has 3 aromatic rings. The standard InChI is InChI=1S/C36H48N6O10S/c1-35(2,3)51-29(43)23-42-15-16-48-17-18-49-19-20-50-31-25(22-41(7)34(45)52-36(4,5)6)9-8-10-27(31)40-33(44)30-32(37)38-21-28(39-30)24-11-13-26(14-12-24)53(42,46)47/h8-14,21H,15-20,22-23H2,1-7H3,(H2,37,38)(H,40,44). The maximum absolute atomic E-state index is 13.7. The van der Waals surface area contributed by atoms with Crippen molar-refractivity contribution < 1.29 is 46.5 Å². The number of nitrogens with zero attached hydrogens (tertiary/aromatic N) is 4. The number of carbonyl (C=O) groups excluding carboxylic acids is 3. The van der Waals surface area contributed by atoms with Crippen LogP contribution in [0.3, 0.4) is 0 Å². The third kappa shape index (κ3) is 11.8. The van der Waals surface area contributed by atoms with Gasteiger partial charge in [-0.25, -0.2) is 23.2 Å². The molecule has 0 atom stereocenters. The minimum absolute atomic E-state index is 0.0224. The molecule has 4 bridgehead atoms. The van der Waals surface area contributed by atoms with E-state index >= 15 is 0 Å². The second-order valence-corrected chi connectivity index (χ2v) is 16.0. The van der Waals surface area contributed by atoms with Crippen LogP contribution in [0.5, 0.6) is 5.75 Å². The number of nitrogen functional groups attached to an aromatic ring is 1. The summed E-state index contributed by atoms with van der Waals surface area (Å²) in [5.74, 6) is -1.25. The Morgan fingerprint density at radius 2 is 1.58 bits per heavy atom. The Hall–Kier alpha value is -4.84. The molecule has 0 radical (unpaired) electrons. The monoisotopic (exact) mass is 756 g/mol. The highest BCUT2D eigenvalue weighted by Gasteiger charge is 2.29. The molecule has 0 saturated carbocycles. The maximum Gasteiger partial charge on any atom is 0.410 e. The molecule has 0 spiro atoms. The largest absolute Gasteiger partial charge is 0.489 e. The lowest BCUT2D eigenvalue weighted by Gasteiger charge is -2.25. The van der Waals surface area contributed by atoms with Crippen molar-refractivity contribution in [2.45, 2.75) is 64.2 Å². The predicted octanol–water partition coefficient (Wildman–Crippen LogP) is 4.10. The van der Waals surface area contributed by atoms with Gasteiger partial charge in [-0.1, -0.05) is 24.3 Å². The summed E-state index contributed by atoms with van der Waals surface area (Å²) in [6, 6.07) is 10.9. The van der Waals surface area contributed by atoms with Crippen LogP contribution in [0.15, 0.2) is 53.6 Å². The van der Waals surface area contributed by atoms with E-state index in [2.05, 4.69) is 15.3 Å². The number of carbonyl (C=O) groups is 3. The van der Waals surface area contributed by atoms with Crippen LogP contribution in [0.2, 0.25) is 0 Å². The Balaban J connectivity index is 1.67. The van der Waals surface area contributed by atoms with E-state index in [-0.39, 0.29) is 73.9 Å². The minimum Gasteiger partial charge on any atom is -0.489 e. The topological polar surface area (TPSA) is 202 Å². The Labute approximate surface area is 310 Å². The van der Waals surface area contributed by atoms with E-state index in [0.717, 1.165) is 4.31 Å². The average Bonchev–Trinajstić information content (AvgIpc) is 3.06. The van der Waals surface area contributed by atoms with Gasteiger partial charge in [-0.3, -0.25) is 9.59 Å². The van der Waals surface area contributed by atoms with E-state index < -0.39 is 45.7 Å². The summed E-state index contributed by atoms with van der Waals surface area (Å²) in [7, 11) is -2.59. The first kappa shape index (κ1) is 40.9. The number of benzene rings is 2. The van der Waals surface area contributed by atoms with Crippen LogP contribution in [0.25, 0.3) is 11.3 Å². The van der Waals surface area contributed by atoms with Crippen molar-refractivity contribution in [3.63, 3.8) is 0 Å². The molecule has 5 rings (SSSR count). The zero-order valence-electron chi connectivity index (χ0n) is 31.1. The highest BCUT2D eigenvalue weighted by molar-refractivity contribution is 7.89. The fraction of sp³-hybridized carbons (Fsp3) is 0.472. The van der Waals surface area contributed by atoms with E-state index in [4.69, 9.17) is 29.4 Å². The number of esters is 1. The van der Waals surface area contributed by atoms with Crippen LogP contribution >= 0.6 is 0 Å². The van der Waals surface area contributed by atoms with Crippen LogP contribution in [0.4, 0.5) is 16.3 Å². The zero-order chi connectivity index (χ0) is 39.0. The molecule has 0 unspecified atom stereocenters. The molecule has 1 aromatic heterocycles. The van der Waals surface area contributed by atoms with E-state index in [0.29, 0.717) is 16.9 Å². The summed E-state index contributed by atoms with van der Waals surface area (Å²) in [5, 5.41) is 2.80.